The lowest BCUT2D eigenvalue weighted by molar-refractivity contribution is 0.0664. The number of methoxy groups -OCH3 is 1. The van der Waals surface area contributed by atoms with Crippen LogP contribution in [0.3, 0.4) is 0 Å². The van der Waals surface area contributed by atoms with E-state index in [0.717, 1.165) is 31.8 Å². The topological polar surface area (TPSA) is 55.6 Å². The van der Waals surface area contributed by atoms with E-state index in [1.54, 1.807) is 25.3 Å². The van der Waals surface area contributed by atoms with Crippen LogP contribution in [0.4, 0.5) is 5.69 Å². The molecule has 0 atom stereocenters. The molecule has 4 nitrogen and oxygen atoms in total. The molecule has 20 heavy (non-hydrogen) atoms. The minimum absolute atomic E-state index is 0.0454. The third-order valence-corrected chi connectivity index (χ3v) is 4.23. The van der Waals surface area contributed by atoms with Gasteiger partial charge in [0.1, 0.15) is 5.75 Å². The summed E-state index contributed by atoms with van der Waals surface area (Å²) < 4.78 is 5.27. The van der Waals surface area contributed by atoms with Gasteiger partial charge in [-0.15, -0.1) is 0 Å². The van der Waals surface area contributed by atoms with Crippen LogP contribution >= 0.6 is 0 Å². The van der Waals surface area contributed by atoms with Crippen LogP contribution < -0.4 is 10.5 Å². The van der Waals surface area contributed by atoms with E-state index in [9.17, 15) is 4.79 Å². The molecular weight excluding hydrogens is 252 g/mol. The highest BCUT2D eigenvalue weighted by molar-refractivity contribution is 5.97. The molecule has 1 saturated heterocycles. The fourth-order valence-electron chi connectivity index (χ4n) is 2.82. The number of amides is 1. The van der Waals surface area contributed by atoms with E-state index in [2.05, 4.69) is 13.8 Å². The van der Waals surface area contributed by atoms with E-state index < -0.39 is 0 Å². The number of rotatable bonds is 3. The molecule has 1 aliphatic rings. The highest BCUT2D eigenvalue weighted by Crippen LogP contribution is 2.28. The number of hydrogen-bond donors (Lipinski definition) is 1. The van der Waals surface area contributed by atoms with E-state index >= 15 is 0 Å². The van der Waals surface area contributed by atoms with Gasteiger partial charge in [0.05, 0.1) is 12.7 Å². The summed E-state index contributed by atoms with van der Waals surface area (Å²) in [6.45, 7) is 6.17. The van der Waals surface area contributed by atoms with Crippen molar-refractivity contribution in [3.63, 3.8) is 0 Å². The van der Waals surface area contributed by atoms with Gasteiger partial charge in [-0.05, 0) is 36.8 Å². The van der Waals surface area contributed by atoms with Crippen LogP contribution in [0.5, 0.6) is 5.75 Å². The normalized spacial score (nSPS) is 16.5. The molecule has 0 unspecified atom stereocenters. The van der Waals surface area contributed by atoms with Gasteiger partial charge in [-0.25, -0.2) is 0 Å². The molecule has 110 valence electrons. The molecule has 1 aromatic carbocycles. The van der Waals surface area contributed by atoms with Gasteiger partial charge >= 0.3 is 0 Å². The van der Waals surface area contributed by atoms with Gasteiger partial charge in [-0.3, -0.25) is 4.79 Å². The lowest BCUT2D eigenvalue weighted by Gasteiger charge is -2.34. The maximum atomic E-state index is 12.6. The van der Waals surface area contributed by atoms with Crippen molar-refractivity contribution in [2.45, 2.75) is 26.7 Å². The summed E-state index contributed by atoms with van der Waals surface area (Å²) in [7, 11) is 1.57. The molecule has 0 aliphatic carbocycles. The summed E-state index contributed by atoms with van der Waals surface area (Å²) in [5.41, 5.74) is 6.94. The third-order valence-electron chi connectivity index (χ3n) is 4.23. The van der Waals surface area contributed by atoms with Gasteiger partial charge in [-0.2, -0.15) is 0 Å². The first kappa shape index (κ1) is 14.7. The molecule has 1 aromatic rings. The van der Waals surface area contributed by atoms with Crippen LogP contribution in [0.1, 0.15) is 37.0 Å². The Hall–Kier alpha value is -1.71. The zero-order valence-electron chi connectivity index (χ0n) is 12.6. The number of ether oxygens (including phenoxy) is 1. The van der Waals surface area contributed by atoms with Crippen LogP contribution in [-0.2, 0) is 0 Å². The number of carbonyl (C=O) groups excluding carboxylic acids is 1. The lowest BCUT2D eigenvalue weighted by atomic mass is 9.86. The van der Waals surface area contributed by atoms with Crippen molar-refractivity contribution < 1.29 is 9.53 Å². The average molecular weight is 276 g/mol. The quantitative estimate of drug-likeness (QED) is 0.864. The summed E-state index contributed by atoms with van der Waals surface area (Å²) in [6, 6.07) is 5.20. The minimum atomic E-state index is 0.0454. The number of piperidine rings is 1. The maximum absolute atomic E-state index is 12.6. The Bertz CT molecular complexity index is 477. The predicted octanol–water partition coefficient (Wildman–Crippen LogP) is 2.79. The second-order valence-electron chi connectivity index (χ2n) is 5.83. The summed E-state index contributed by atoms with van der Waals surface area (Å²) in [4.78, 5) is 14.5. The molecule has 0 spiro atoms. The molecule has 1 aliphatic heterocycles. The van der Waals surface area contributed by atoms with E-state index in [0.29, 0.717) is 22.9 Å². The summed E-state index contributed by atoms with van der Waals surface area (Å²) in [6.07, 6.45) is 2.17. The predicted molar refractivity (Wildman–Crippen MR) is 80.9 cm³/mol. The van der Waals surface area contributed by atoms with E-state index in [1.165, 1.54) is 0 Å². The van der Waals surface area contributed by atoms with Gasteiger partial charge in [0.25, 0.3) is 5.91 Å². The number of nitrogens with two attached hydrogens (primary N) is 1. The molecule has 2 rings (SSSR count). The van der Waals surface area contributed by atoms with Gasteiger partial charge < -0.3 is 15.4 Å². The number of anilines is 1. The Morgan fingerprint density at radius 1 is 1.35 bits per heavy atom. The van der Waals surface area contributed by atoms with Gasteiger partial charge in [-0.1, -0.05) is 13.8 Å². The van der Waals surface area contributed by atoms with Crippen LogP contribution in [0.2, 0.25) is 0 Å². The van der Waals surface area contributed by atoms with E-state index in [1.807, 2.05) is 4.90 Å². The Balaban J connectivity index is 2.09. The van der Waals surface area contributed by atoms with Gasteiger partial charge in [0, 0.05) is 24.8 Å². The first-order valence-corrected chi connectivity index (χ1v) is 7.25. The van der Waals surface area contributed by atoms with Gasteiger partial charge in [0.2, 0.25) is 0 Å². The van der Waals surface area contributed by atoms with E-state index in [-0.39, 0.29) is 5.91 Å². The molecule has 0 radical (unpaired) electrons. The second-order valence-corrected chi connectivity index (χ2v) is 5.83. The van der Waals surface area contributed by atoms with Gasteiger partial charge in [0.15, 0.2) is 0 Å². The first-order chi connectivity index (χ1) is 9.52. The van der Waals surface area contributed by atoms with Crippen molar-refractivity contribution in [2.24, 2.45) is 11.8 Å². The molecule has 0 saturated carbocycles. The monoisotopic (exact) mass is 276 g/mol. The number of nitrogen functional groups attached to an aromatic ring is 1. The summed E-state index contributed by atoms with van der Waals surface area (Å²) in [5, 5.41) is 0. The number of likely N-dealkylation sites (tertiary alicyclic amines) is 1. The Labute approximate surface area is 120 Å². The maximum Gasteiger partial charge on any atom is 0.257 e. The fourth-order valence-corrected chi connectivity index (χ4v) is 2.82. The van der Waals surface area contributed by atoms with Crippen LogP contribution in [-0.4, -0.2) is 31.0 Å². The smallest absolute Gasteiger partial charge is 0.257 e. The van der Waals surface area contributed by atoms with Crippen molar-refractivity contribution in [3.8, 4) is 5.75 Å². The molecule has 1 amide bonds. The zero-order chi connectivity index (χ0) is 14.7. The largest absolute Gasteiger partial charge is 0.496 e. The molecule has 1 heterocycles. The van der Waals surface area contributed by atoms with Crippen LogP contribution in [0.15, 0.2) is 18.2 Å². The summed E-state index contributed by atoms with van der Waals surface area (Å²) >= 11 is 0. The Morgan fingerprint density at radius 2 is 2.00 bits per heavy atom. The highest BCUT2D eigenvalue weighted by atomic mass is 16.5. The van der Waals surface area contributed by atoms with Crippen LogP contribution in [0, 0.1) is 11.8 Å². The van der Waals surface area contributed by atoms with Crippen molar-refractivity contribution >= 4 is 11.6 Å². The molecule has 2 N–H and O–H groups in total. The molecular formula is C16H24N2O2. The standard InChI is InChI=1S/C16H24N2O2/c1-11(2)12-6-8-18(9-7-12)16(19)14-5-4-13(17)10-15(14)20-3/h4-5,10-12H,6-9,17H2,1-3H3. The third kappa shape index (κ3) is 3.06. The van der Waals surface area contributed by atoms with Crippen LogP contribution in [0.25, 0.3) is 0 Å². The lowest BCUT2D eigenvalue weighted by Crippen LogP contribution is -2.39. The number of benzene rings is 1. The molecule has 1 fully saturated rings. The number of nitrogens with zero attached hydrogens (tertiary/aromatic N) is 1. The van der Waals surface area contributed by atoms with Crippen molar-refractivity contribution in [3.05, 3.63) is 23.8 Å². The van der Waals surface area contributed by atoms with E-state index in [4.69, 9.17) is 10.5 Å². The zero-order valence-corrected chi connectivity index (χ0v) is 12.6. The Kier molecular flexibility index (Phi) is 4.53. The van der Waals surface area contributed by atoms with Crippen molar-refractivity contribution in [1.29, 1.82) is 0 Å². The minimum Gasteiger partial charge on any atom is -0.496 e. The molecule has 4 heteroatoms. The molecule has 0 aromatic heterocycles. The Morgan fingerprint density at radius 3 is 2.55 bits per heavy atom. The molecule has 0 bridgehead atoms. The fraction of sp³-hybridized carbons (Fsp3) is 0.562. The number of carbonyl (C=O) groups is 1. The average Bonchev–Trinajstić information content (AvgIpc) is 2.46. The summed E-state index contributed by atoms with van der Waals surface area (Å²) in [5.74, 6) is 2.02. The highest BCUT2D eigenvalue weighted by Gasteiger charge is 2.26. The van der Waals surface area contributed by atoms with Crippen molar-refractivity contribution in [1.82, 2.24) is 4.90 Å². The second kappa shape index (κ2) is 6.16. The van der Waals surface area contributed by atoms with Crippen molar-refractivity contribution in [2.75, 3.05) is 25.9 Å². The SMILES string of the molecule is COc1cc(N)ccc1C(=O)N1CCC(C(C)C)CC1. The first-order valence-electron chi connectivity index (χ1n) is 7.25. The number of hydrogen-bond acceptors (Lipinski definition) is 3.